The molecule has 8 nitrogen and oxygen atoms in total. The smallest absolute Gasteiger partial charge is 0.272 e. The van der Waals surface area contributed by atoms with E-state index in [1.807, 2.05) is 77.1 Å². The number of nitrogens with zero attached hydrogens (tertiary/aromatic N) is 5. The van der Waals surface area contributed by atoms with Gasteiger partial charge in [-0.25, -0.2) is 0 Å². The monoisotopic (exact) mass is 422 g/mol. The summed E-state index contributed by atoms with van der Waals surface area (Å²) < 4.78 is 5.62. The Morgan fingerprint density at radius 3 is 2.35 bits per heavy atom. The number of carbonyl (C=O) groups is 2. The van der Waals surface area contributed by atoms with E-state index in [1.54, 1.807) is 6.20 Å². The fourth-order valence-electron chi connectivity index (χ4n) is 4.21. The minimum absolute atomic E-state index is 0.0695. The molecule has 4 heterocycles. The lowest BCUT2D eigenvalue weighted by molar-refractivity contribution is 0.0574. The van der Waals surface area contributed by atoms with Gasteiger partial charge in [0.1, 0.15) is 11.4 Å². The van der Waals surface area contributed by atoms with Gasteiger partial charge in [-0.1, -0.05) is 0 Å². The van der Waals surface area contributed by atoms with Gasteiger partial charge in [-0.15, -0.1) is 0 Å². The first kappa shape index (κ1) is 21.0. The molecular weight excluding hydrogens is 392 g/mol. The van der Waals surface area contributed by atoms with Crippen LogP contribution in [0.15, 0.2) is 36.7 Å². The van der Waals surface area contributed by atoms with Crippen LogP contribution in [0.3, 0.4) is 0 Å². The van der Waals surface area contributed by atoms with Crippen LogP contribution in [0.1, 0.15) is 51.6 Å². The van der Waals surface area contributed by atoms with Crippen molar-refractivity contribution in [1.82, 2.24) is 23.8 Å². The molecule has 0 unspecified atom stereocenters. The molecule has 3 aromatic rings. The van der Waals surface area contributed by atoms with Crippen molar-refractivity contribution in [1.29, 1.82) is 0 Å². The van der Waals surface area contributed by atoms with Gasteiger partial charge in [-0.05, 0) is 57.4 Å². The normalized spacial score (nSPS) is 16.5. The maximum atomic E-state index is 13.2. The standard InChI is InChI=1S/C23H30N6O2/c1-16-8-10-20(26(16)3)22(30)25-18-13-24-28(14-18)15-19-7-5-6-12-29(19)23(31)21-11-9-17(2)27(21)4/h8-11,13-14,19H,5-7,12,15H2,1-4H3,(H,25,30)/t19-/m0/s1. The molecule has 1 atom stereocenters. The molecule has 0 radical (unpaired) electrons. The van der Waals surface area contributed by atoms with Crippen LogP contribution in [0.25, 0.3) is 0 Å². The van der Waals surface area contributed by atoms with Crippen molar-refractivity contribution in [2.45, 2.75) is 45.7 Å². The Morgan fingerprint density at radius 2 is 1.71 bits per heavy atom. The van der Waals surface area contributed by atoms with Gasteiger partial charge in [-0.3, -0.25) is 14.3 Å². The number of aromatic nitrogens is 4. The lowest BCUT2D eigenvalue weighted by atomic mass is 10.0. The Kier molecular flexibility index (Phi) is 5.71. The highest BCUT2D eigenvalue weighted by Gasteiger charge is 2.29. The van der Waals surface area contributed by atoms with Crippen molar-refractivity contribution in [3.8, 4) is 0 Å². The molecule has 0 aromatic carbocycles. The molecule has 1 aliphatic rings. The highest BCUT2D eigenvalue weighted by Crippen LogP contribution is 2.22. The summed E-state index contributed by atoms with van der Waals surface area (Å²) in [6.45, 7) is 5.32. The number of rotatable bonds is 5. The van der Waals surface area contributed by atoms with E-state index in [-0.39, 0.29) is 17.9 Å². The third-order valence-electron chi connectivity index (χ3n) is 6.37. The first-order valence-electron chi connectivity index (χ1n) is 10.7. The van der Waals surface area contributed by atoms with Gasteiger partial charge in [0, 0.05) is 38.2 Å². The van der Waals surface area contributed by atoms with Crippen LogP contribution in [-0.2, 0) is 20.6 Å². The van der Waals surface area contributed by atoms with E-state index in [2.05, 4.69) is 10.4 Å². The zero-order valence-corrected chi connectivity index (χ0v) is 18.6. The van der Waals surface area contributed by atoms with Gasteiger partial charge < -0.3 is 19.4 Å². The first-order valence-corrected chi connectivity index (χ1v) is 10.7. The van der Waals surface area contributed by atoms with E-state index in [0.717, 1.165) is 42.9 Å². The summed E-state index contributed by atoms with van der Waals surface area (Å²) in [4.78, 5) is 27.7. The van der Waals surface area contributed by atoms with Crippen LogP contribution < -0.4 is 5.32 Å². The number of aryl methyl sites for hydroxylation is 2. The summed E-state index contributed by atoms with van der Waals surface area (Å²) in [6, 6.07) is 7.68. The predicted molar refractivity (Wildman–Crippen MR) is 119 cm³/mol. The molecule has 0 saturated carbocycles. The number of anilines is 1. The van der Waals surface area contributed by atoms with Crippen LogP contribution in [0.5, 0.6) is 0 Å². The van der Waals surface area contributed by atoms with Gasteiger partial charge in [0.2, 0.25) is 0 Å². The van der Waals surface area contributed by atoms with E-state index in [4.69, 9.17) is 0 Å². The van der Waals surface area contributed by atoms with E-state index >= 15 is 0 Å². The van der Waals surface area contributed by atoms with E-state index < -0.39 is 0 Å². The number of hydrogen-bond acceptors (Lipinski definition) is 3. The Balaban J connectivity index is 1.45. The van der Waals surface area contributed by atoms with Crippen molar-refractivity contribution in [3.63, 3.8) is 0 Å². The predicted octanol–water partition coefficient (Wildman–Crippen LogP) is 3.12. The number of amides is 2. The number of likely N-dealkylation sites (tertiary alicyclic amines) is 1. The Bertz CT molecular complexity index is 1110. The largest absolute Gasteiger partial charge is 0.344 e. The Hall–Kier alpha value is -3.29. The van der Waals surface area contributed by atoms with E-state index in [9.17, 15) is 9.59 Å². The van der Waals surface area contributed by atoms with Crippen LogP contribution in [0.2, 0.25) is 0 Å². The topological polar surface area (TPSA) is 77.1 Å². The summed E-state index contributed by atoms with van der Waals surface area (Å²) in [6.07, 6.45) is 6.54. The maximum absolute atomic E-state index is 13.2. The fraction of sp³-hybridized carbons (Fsp3) is 0.435. The second kappa shape index (κ2) is 8.45. The third-order valence-corrected chi connectivity index (χ3v) is 6.37. The molecule has 1 N–H and O–H groups in total. The van der Waals surface area contributed by atoms with Gasteiger partial charge in [0.15, 0.2) is 0 Å². The van der Waals surface area contributed by atoms with Crippen molar-refractivity contribution >= 4 is 17.5 Å². The number of nitrogens with one attached hydrogen (secondary N) is 1. The lowest BCUT2D eigenvalue weighted by Gasteiger charge is -2.35. The van der Waals surface area contributed by atoms with Crippen molar-refractivity contribution < 1.29 is 9.59 Å². The minimum atomic E-state index is -0.163. The summed E-state index contributed by atoms with van der Waals surface area (Å²) in [5.74, 6) is -0.0937. The van der Waals surface area contributed by atoms with Crippen LogP contribution in [0, 0.1) is 13.8 Å². The molecule has 1 aliphatic heterocycles. The molecule has 4 rings (SSSR count). The third kappa shape index (κ3) is 4.15. The van der Waals surface area contributed by atoms with E-state index in [0.29, 0.717) is 17.9 Å². The van der Waals surface area contributed by atoms with Crippen LogP contribution >= 0.6 is 0 Å². The average molecular weight is 423 g/mol. The van der Waals surface area contributed by atoms with Gasteiger partial charge in [0.25, 0.3) is 11.8 Å². The summed E-state index contributed by atoms with van der Waals surface area (Å²) in [5.41, 5.74) is 4.06. The Labute approximate surface area is 182 Å². The van der Waals surface area contributed by atoms with Crippen molar-refractivity contribution in [2.75, 3.05) is 11.9 Å². The summed E-state index contributed by atoms with van der Waals surface area (Å²) >= 11 is 0. The lowest BCUT2D eigenvalue weighted by Crippen LogP contribution is -2.46. The average Bonchev–Trinajstić information content (AvgIpc) is 3.43. The SMILES string of the molecule is Cc1ccc(C(=O)Nc2cnn(C[C@@H]3CCCCN3C(=O)c3ccc(C)n3C)c2)n1C. The zero-order chi connectivity index (χ0) is 22.1. The molecule has 0 aliphatic carbocycles. The molecule has 2 amide bonds. The van der Waals surface area contributed by atoms with Crippen LogP contribution in [-0.4, -0.2) is 48.2 Å². The van der Waals surface area contributed by atoms with Gasteiger partial charge in [-0.2, -0.15) is 5.10 Å². The Morgan fingerprint density at radius 1 is 1.03 bits per heavy atom. The van der Waals surface area contributed by atoms with Gasteiger partial charge in [0.05, 0.1) is 24.5 Å². The van der Waals surface area contributed by atoms with Gasteiger partial charge >= 0.3 is 0 Å². The first-order chi connectivity index (χ1) is 14.8. The number of piperidine rings is 1. The van der Waals surface area contributed by atoms with Crippen LogP contribution in [0.4, 0.5) is 5.69 Å². The molecule has 0 spiro atoms. The summed E-state index contributed by atoms with van der Waals surface area (Å²) in [7, 11) is 3.80. The second-order valence-corrected chi connectivity index (χ2v) is 8.39. The highest BCUT2D eigenvalue weighted by molar-refractivity contribution is 6.03. The molecule has 3 aromatic heterocycles. The number of hydrogen-bond donors (Lipinski definition) is 1. The zero-order valence-electron chi connectivity index (χ0n) is 18.6. The fourth-order valence-corrected chi connectivity index (χ4v) is 4.21. The molecule has 1 fully saturated rings. The summed E-state index contributed by atoms with van der Waals surface area (Å²) in [5, 5.41) is 7.34. The van der Waals surface area contributed by atoms with Crippen molar-refractivity contribution in [3.05, 3.63) is 59.4 Å². The molecule has 31 heavy (non-hydrogen) atoms. The molecular formula is C23H30N6O2. The molecule has 1 saturated heterocycles. The molecule has 8 heteroatoms. The van der Waals surface area contributed by atoms with Crippen molar-refractivity contribution in [2.24, 2.45) is 14.1 Å². The molecule has 0 bridgehead atoms. The highest BCUT2D eigenvalue weighted by atomic mass is 16.2. The second-order valence-electron chi connectivity index (χ2n) is 8.39. The maximum Gasteiger partial charge on any atom is 0.272 e. The number of carbonyl (C=O) groups excluding carboxylic acids is 2. The molecule has 164 valence electrons. The minimum Gasteiger partial charge on any atom is -0.344 e. The quantitative estimate of drug-likeness (QED) is 0.686. The van der Waals surface area contributed by atoms with E-state index in [1.165, 1.54) is 0 Å².